The van der Waals surface area contributed by atoms with Crippen molar-refractivity contribution in [1.82, 2.24) is 4.98 Å². The van der Waals surface area contributed by atoms with Crippen LogP contribution in [0.3, 0.4) is 0 Å². The van der Waals surface area contributed by atoms with Gasteiger partial charge in [-0.25, -0.2) is 4.98 Å². The second-order valence-electron chi connectivity index (χ2n) is 4.83. The van der Waals surface area contributed by atoms with E-state index in [1.54, 1.807) is 38.3 Å². The number of esters is 1. The first-order valence-corrected chi connectivity index (χ1v) is 7.88. The number of thiophene rings is 1. The number of carbonyl (C=O) groups excluding carboxylic acids is 1. The first-order valence-electron chi connectivity index (χ1n) is 7.00. The van der Waals surface area contributed by atoms with Crippen LogP contribution >= 0.6 is 11.3 Å². The van der Waals surface area contributed by atoms with Gasteiger partial charge in [0.1, 0.15) is 17.3 Å². The van der Waals surface area contributed by atoms with Crippen molar-refractivity contribution in [3.63, 3.8) is 0 Å². The molecule has 5 nitrogen and oxygen atoms in total. The fraction of sp³-hybridized carbons (Fsp3) is 0.176. The van der Waals surface area contributed by atoms with Gasteiger partial charge < -0.3 is 13.9 Å². The minimum Gasteiger partial charge on any atom is -0.497 e. The van der Waals surface area contributed by atoms with Crippen LogP contribution in [0.2, 0.25) is 0 Å². The average molecular weight is 329 g/mol. The van der Waals surface area contributed by atoms with Crippen molar-refractivity contribution < 1.29 is 18.7 Å². The Balaban J connectivity index is 1.67. The summed E-state index contributed by atoms with van der Waals surface area (Å²) in [6.45, 7) is 1.79. The molecule has 0 saturated carbocycles. The minimum atomic E-state index is -0.385. The fourth-order valence-corrected chi connectivity index (χ4v) is 2.69. The number of hydrogen-bond donors (Lipinski definition) is 0. The zero-order chi connectivity index (χ0) is 16.2. The van der Waals surface area contributed by atoms with Gasteiger partial charge in [-0.2, -0.15) is 0 Å². The Bertz CT molecular complexity index is 791. The second-order valence-corrected chi connectivity index (χ2v) is 5.77. The Morgan fingerprint density at radius 3 is 2.61 bits per heavy atom. The smallest absolute Gasteiger partial charge is 0.317 e. The number of aryl methyl sites for hydroxylation is 1. The van der Waals surface area contributed by atoms with E-state index in [1.807, 2.05) is 17.5 Å². The monoisotopic (exact) mass is 329 g/mol. The van der Waals surface area contributed by atoms with Gasteiger partial charge in [-0.1, -0.05) is 6.07 Å². The third-order valence-electron chi connectivity index (χ3n) is 3.23. The van der Waals surface area contributed by atoms with Gasteiger partial charge in [0.15, 0.2) is 0 Å². The van der Waals surface area contributed by atoms with Gasteiger partial charge in [-0.15, -0.1) is 11.3 Å². The Hall–Kier alpha value is -2.60. The molecule has 0 bridgehead atoms. The SMILES string of the molecule is COc1ccc(OC(=O)Cc2nc(-c3cccs3)oc2C)cc1. The highest BCUT2D eigenvalue weighted by molar-refractivity contribution is 7.13. The highest BCUT2D eigenvalue weighted by atomic mass is 32.1. The molecule has 1 aromatic carbocycles. The normalized spacial score (nSPS) is 10.5. The highest BCUT2D eigenvalue weighted by Gasteiger charge is 2.16. The summed E-state index contributed by atoms with van der Waals surface area (Å²) in [5.41, 5.74) is 0.590. The molecule has 3 aromatic rings. The molecule has 0 aliphatic heterocycles. The van der Waals surface area contributed by atoms with Gasteiger partial charge in [0.2, 0.25) is 5.89 Å². The van der Waals surface area contributed by atoms with Crippen LogP contribution in [0.4, 0.5) is 0 Å². The molecule has 0 spiro atoms. The van der Waals surface area contributed by atoms with Crippen LogP contribution in [0, 0.1) is 6.92 Å². The van der Waals surface area contributed by atoms with Crippen LogP contribution in [-0.2, 0) is 11.2 Å². The van der Waals surface area contributed by atoms with E-state index in [2.05, 4.69) is 4.98 Å². The van der Waals surface area contributed by atoms with E-state index in [-0.39, 0.29) is 12.4 Å². The topological polar surface area (TPSA) is 61.6 Å². The summed E-state index contributed by atoms with van der Waals surface area (Å²) in [6, 6.07) is 10.7. The standard InChI is InChI=1S/C17H15NO4S/c1-11-14(18-17(21-11)15-4-3-9-23-15)10-16(19)22-13-7-5-12(20-2)6-8-13/h3-9H,10H2,1-2H3. The molecule has 0 aliphatic carbocycles. The maximum Gasteiger partial charge on any atom is 0.317 e. The minimum absolute atomic E-state index is 0.0622. The molecular weight excluding hydrogens is 314 g/mol. The number of nitrogens with zero attached hydrogens (tertiary/aromatic N) is 1. The molecule has 0 amide bonds. The maximum absolute atomic E-state index is 12.1. The summed E-state index contributed by atoms with van der Waals surface area (Å²) < 4.78 is 16.0. The van der Waals surface area contributed by atoms with Crippen LogP contribution in [0.25, 0.3) is 10.8 Å². The van der Waals surface area contributed by atoms with Gasteiger partial charge in [0.05, 0.1) is 24.1 Å². The Morgan fingerprint density at radius 1 is 1.22 bits per heavy atom. The predicted molar refractivity (Wildman–Crippen MR) is 86.9 cm³/mol. The molecule has 118 valence electrons. The van der Waals surface area contributed by atoms with E-state index in [0.717, 1.165) is 4.88 Å². The lowest BCUT2D eigenvalue weighted by Gasteiger charge is -2.04. The summed E-state index contributed by atoms with van der Waals surface area (Å²) in [5, 5.41) is 1.95. The lowest BCUT2D eigenvalue weighted by molar-refractivity contribution is -0.133. The molecule has 2 aromatic heterocycles. The second kappa shape index (κ2) is 6.66. The molecule has 0 unspecified atom stereocenters. The van der Waals surface area contributed by atoms with Crippen LogP contribution < -0.4 is 9.47 Å². The van der Waals surface area contributed by atoms with Crippen LogP contribution in [-0.4, -0.2) is 18.1 Å². The maximum atomic E-state index is 12.1. The van der Waals surface area contributed by atoms with Gasteiger partial charge in [0, 0.05) is 0 Å². The number of oxazole rings is 1. The molecule has 3 rings (SSSR count). The molecule has 0 aliphatic rings. The zero-order valence-electron chi connectivity index (χ0n) is 12.7. The van der Waals surface area contributed by atoms with Crippen LogP contribution in [0.5, 0.6) is 11.5 Å². The average Bonchev–Trinajstić information content (AvgIpc) is 3.18. The largest absolute Gasteiger partial charge is 0.497 e. The summed E-state index contributed by atoms with van der Waals surface area (Å²) in [7, 11) is 1.58. The molecule has 0 N–H and O–H groups in total. The predicted octanol–water partition coefficient (Wildman–Crippen LogP) is 3.87. The van der Waals surface area contributed by atoms with Crippen molar-refractivity contribution in [3.8, 4) is 22.3 Å². The fourth-order valence-electron chi connectivity index (χ4n) is 2.05. The quantitative estimate of drug-likeness (QED) is 0.525. The first-order chi connectivity index (χ1) is 11.2. The molecule has 23 heavy (non-hydrogen) atoms. The molecule has 0 fully saturated rings. The molecule has 0 radical (unpaired) electrons. The van der Waals surface area contributed by atoms with E-state index >= 15 is 0 Å². The third kappa shape index (κ3) is 3.60. The summed E-state index contributed by atoms with van der Waals surface area (Å²) in [5.74, 6) is 1.95. The third-order valence-corrected chi connectivity index (χ3v) is 4.09. The number of methoxy groups -OCH3 is 1. The summed E-state index contributed by atoms with van der Waals surface area (Å²) in [6.07, 6.45) is 0.0622. The Labute approximate surface area is 137 Å². The van der Waals surface area contributed by atoms with Gasteiger partial charge in [0.25, 0.3) is 0 Å². The number of ether oxygens (including phenoxy) is 2. The summed E-state index contributed by atoms with van der Waals surface area (Å²) >= 11 is 1.54. The van der Waals surface area contributed by atoms with Crippen molar-refractivity contribution in [2.45, 2.75) is 13.3 Å². The number of hydrogen-bond acceptors (Lipinski definition) is 6. The number of aromatic nitrogens is 1. The van der Waals surface area contributed by atoms with Crippen molar-refractivity contribution in [1.29, 1.82) is 0 Å². The first kappa shape index (κ1) is 15.3. The molecule has 0 atom stereocenters. The highest BCUT2D eigenvalue weighted by Crippen LogP contribution is 2.26. The zero-order valence-corrected chi connectivity index (χ0v) is 13.6. The van der Waals surface area contributed by atoms with E-state index in [9.17, 15) is 4.79 Å². The van der Waals surface area contributed by atoms with Crippen molar-refractivity contribution in [2.75, 3.05) is 7.11 Å². The van der Waals surface area contributed by atoms with E-state index < -0.39 is 0 Å². The van der Waals surface area contributed by atoms with Crippen molar-refractivity contribution in [3.05, 3.63) is 53.2 Å². The van der Waals surface area contributed by atoms with Crippen LogP contribution in [0.15, 0.2) is 46.2 Å². The number of carbonyl (C=O) groups is 1. The molecule has 6 heteroatoms. The van der Waals surface area contributed by atoms with E-state index in [0.29, 0.717) is 28.8 Å². The Morgan fingerprint density at radius 2 is 1.96 bits per heavy atom. The van der Waals surface area contributed by atoms with Crippen LogP contribution in [0.1, 0.15) is 11.5 Å². The van der Waals surface area contributed by atoms with Gasteiger partial charge in [-0.05, 0) is 42.6 Å². The molecule has 2 heterocycles. The van der Waals surface area contributed by atoms with Crippen molar-refractivity contribution in [2.24, 2.45) is 0 Å². The lowest BCUT2D eigenvalue weighted by Crippen LogP contribution is -2.12. The van der Waals surface area contributed by atoms with E-state index in [1.165, 1.54) is 11.3 Å². The lowest BCUT2D eigenvalue weighted by atomic mass is 10.2. The van der Waals surface area contributed by atoms with Gasteiger partial charge >= 0.3 is 5.97 Å². The molecule has 0 saturated heterocycles. The van der Waals surface area contributed by atoms with Gasteiger partial charge in [-0.3, -0.25) is 4.79 Å². The Kier molecular flexibility index (Phi) is 4.43. The van der Waals surface area contributed by atoms with Crippen molar-refractivity contribution >= 4 is 17.3 Å². The van der Waals surface area contributed by atoms with E-state index in [4.69, 9.17) is 13.9 Å². The number of benzene rings is 1. The number of rotatable bonds is 5. The summed E-state index contributed by atoms with van der Waals surface area (Å²) in [4.78, 5) is 17.4. The molecular formula is C17H15NO4S.